The molecule has 25 heavy (non-hydrogen) atoms. The van der Waals surface area contributed by atoms with Crippen molar-refractivity contribution in [2.24, 2.45) is 0 Å². The van der Waals surface area contributed by atoms with Crippen LogP contribution in [0.5, 0.6) is 5.75 Å². The number of furan rings is 1. The number of sulfonamides is 1. The molecule has 0 saturated heterocycles. The Morgan fingerprint density at radius 2 is 1.84 bits per heavy atom. The van der Waals surface area contributed by atoms with Crippen molar-refractivity contribution in [3.8, 4) is 17.4 Å². The first-order chi connectivity index (χ1) is 11.9. The second-order valence-electron chi connectivity index (χ2n) is 5.04. The van der Waals surface area contributed by atoms with Gasteiger partial charge in [-0.25, -0.2) is 8.42 Å². The Kier molecular flexibility index (Phi) is 4.93. The molecular formula is C15H14BrN3O5S. The van der Waals surface area contributed by atoms with Crippen LogP contribution in [0.15, 0.2) is 54.8 Å². The molecule has 0 saturated carbocycles. The highest BCUT2D eigenvalue weighted by molar-refractivity contribution is 9.10. The fraction of sp³-hybridized carbons (Fsp3) is 0.200. The van der Waals surface area contributed by atoms with Gasteiger partial charge >= 0.3 is 0 Å². The molecule has 0 amide bonds. The van der Waals surface area contributed by atoms with Gasteiger partial charge in [0.1, 0.15) is 5.75 Å². The van der Waals surface area contributed by atoms with Crippen molar-refractivity contribution in [2.45, 2.75) is 11.4 Å². The van der Waals surface area contributed by atoms with Crippen LogP contribution in [-0.2, 0) is 16.6 Å². The number of ether oxygens (including phenoxy) is 1. The number of hydrogen-bond acceptors (Lipinski definition) is 7. The molecule has 0 bridgehead atoms. The minimum atomic E-state index is -3.69. The fourth-order valence-corrected chi connectivity index (χ4v) is 3.48. The Balaban J connectivity index is 1.76. The predicted octanol–water partition coefficient (Wildman–Crippen LogP) is 2.92. The van der Waals surface area contributed by atoms with Gasteiger partial charge in [-0.05, 0) is 52.3 Å². The zero-order chi connectivity index (χ0) is 18.0. The minimum Gasteiger partial charge on any atom is -0.497 e. The van der Waals surface area contributed by atoms with Crippen molar-refractivity contribution in [3.05, 3.63) is 47.0 Å². The molecule has 0 radical (unpaired) electrons. The van der Waals surface area contributed by atoms with E-state index < -0.39 is 10.0 Å². The van der Waals surface area contributed by atoms with E-state index in [-0.39, 0.29) is 23.2 Å². The minimum absolute atomic E-state index is 0.0662. The van der Waals surface area contributed by atoms with E-state index in [0.717, 1.165) is 4.31 Å². The maximum Gasteiger partial charge on any atom is 0.283 e. The van der Waals surface area contributed by atoms with Crippen LogP contribution in [-0.4, -0.2) is 37.1 Å². The second-order valence-corrected chi connectivity index (χ2v) is 7.87. The van der Waals surface area contributed by atoms with E-state index in [2.05, 4.69) is 26.1 Å². The molecule has 0 unspecified atom stereocenters. The topological polar surface area (TPSA) is 98.7 Å². The molecular weight excluding hydrogens is 414 g/mol. The summed E-state index contributed by atoms with van der Waals surface area (Å²) in [6, 6.07) is 9.48. The molecule has 0 aliphatic heterocycles. The van der Waals surface area contributed by atoms with E-state index in [9.17, 15) is 8.42 Å². The summed E-state index contributed by atoms with van der Waals surface area (Å²) in [5.41, 5.74) is 0. The zero-order valence-electron chi connectivity index (χ0n) is 13.3. The van der Waals surface area contributed by atoms with Crippen LogP contribution in [0.1, 0.15) is 5.89 Å². The monoisotopic (exact) mass is 427 g/mol. The van der Waals surface area contributed by atoms with Gasteiger partial charge < -0.3 is 13.6 Å². The maximum absolute atomic E-state index is 12.6. The third kappa shape index (κ3) is 3.75. The zero-order valence-corrected chi connectivity index (χ0v) is 15.7. The van der Waals surface area contributed by atoms with Crippen molar-refractivity contribution >= 4 is 26.0 Å². The first-order valence-electron chi connectivity index (χ1n) is 7.08. The Hall–Kier alpha value is -2.17. The van der Waals surface area contributed by atoms with Crippen LogP contribution < -0.4 is 4.74 Å². The number of nitrogens with zero attached hydrogens (tertiary/aromatic N) is 3. The van der Waals surface area contributed by atoms with E-state index in [1.807, 2.05) is 0 Å². The number of aromatic nitrogens is 2. The molecule has 2 aromatic heterocycles. The van der Waals surface area contributed by atoms with Gasteiger partial charge in [-0.3, -0.25) is 0 Å². The summed E-state index contributed by atoms with van der Waals surface area (Å²) in [6.07, 6.45) is 0. The van der Waals surface area contributed by atoms with Crippen LogP contribution >= 0.6 is 15.9 Å². The molecule has 0 spiro atoms. The number of halogens is 1. The van der Waals surface area contributed by atoms with Crippen molar-refractivity contribution in [1.29, 1.82) is 0 Å². The van der Waals surface area contributed by atoms with E-state index in [4.69, 9.17) is 13.6 Å². The van der Waals surface area contributed by atoms with Crippen LogP contribution in [0.25, 0.3) is 11.7 Å². The normalized spacial score (nSPS) is 11.8. The Morgan fingerprint density at radius 1 is 1.12 bits per heavy atom. The molecule has 0 aliphatic rings. The van der Waals surface area contributed by atoms with Crippen molar-refractivity contribution < 1.29 is 22.0 Å². The first-order valence-corrected chi connectivity index (χ1v) is 9.32. The molecule has 0 fully saturated rings. The summed E-state index contributed by atoms with van der Waals surface area (Å²) in [4.78, 5) is 0.144. The molecule has 8 nitrogen and oxygen atoms in total. The SMILES string of the molecule is COc1ccc(S(=O)(=O)N(C)Cc2nnc(-c3ccc(Br)o3)o2)cc1. The third-order valence-electron chi connectivity index (χ3n) is 3.38. The van der Waals surface area contributed by atoms with Gasteiger partial charge in [-0.15, -0.1) is 10.2 Å². The highest BCUT2D eigenvalue weighted by Crippen LogP contribution is 2.25. The standard InChI is InChI=1S/C15H14BrN3O5S/c1-19(25(20,21)11-5-3-10(22-2)4-6-11)9-14-17-18-15(24-14)12-7-8-13(16)23-12/h3-8H,9H2,1-2H3. The lowest BCUT2D eigenvalue weighted by Gasteiger charge is -2.15. The van der Waals surface area contributed by atoms with Crippen molar-refractivity contribution in [1.82, 2.24) is 14.5 Å². The summed E-state index contributed by atoms with van der Waals surface area (Å²) < 4.78 is 42.6. The van der Waals surface area contributed by atoms with E-state index in [1.54, 1.807) is 24.3 Å². The molecule has 2 heterocycles. The largest absolute Gasteiger partial charge is 0.497 e. The lowest BCUT2D eigenvalue weighted by Crippen LogP contribution is -2.26. The molecule has 3 rings (SSSR count). The quantitative estimate of drug-likeness (QED) is 0.595. The highest BCUT2D eigenvalue weighted by atomic mass is 79.9. The van der Waals surface area contributed by atoms with Gasteiger partial charge in [0.15, 0.2) is 10.4 Å². The van der Waals surface area contributed by atoms with Crippen molar-refractivity contribution in [2.75, 3.05) is 14.2 Å². The van der Waals surface area contributed by atoms with E-state index in [1.165, 1.54) is 26.3 Å². The van der Waals surface area contributed by atoms with Crippen LogP contribution in [0, 0.1) is 0 Å². The molecule has 132 valence electrons. The summed E-state index contributed by atoms with van der Waals surface area (Å²) in [5, 5.41) is 7.72. The van der Waals surface area contributed by atoms with Gasteiger partial charge in [0.05, 0.1) is 18.6 Å². The number of hydrogen-bond donors (Lipinski definition) is 0. The summed E-state index contributed by atoms with van der Waals surface area (Å²) in [5.74, 6) is 1.30. The van der Waals surface area contributed by atoms with Crippen molar-refractivity contribution in [3.63, 3.8) is 0 Å². The third-order valence-corrected chi connectivity index (χ3v) is 5.62. The molecule has 0 aliphatic carbocycles. The summed E-state index contributed by atoms with van der Waals surface area (Å²) in [7, 11) is -0.743. The summed E-state index contributed by atoms with van der Waals surface area (Å²) >= 11 is 3.19. The van der Waals surface area contributed by atoms with Gasteiger partial charge in [0.25, 0.3) is 5.89 Å². The number of rotatable bonds is 6. The number of benzene rings is 1. The average molecular weight is 428 g/mol. The fourth-order valence-electron chi connectivity index (χ4n) is 2.05. The van der Waals surface area contributed by atoms with Gasteiger partial charge in [0.2, 0.25) is 15.9 Å². The Morgan fingerprint density at radius 3 is 2.44 bits per heavy atom. The molecule has 1 aromatic carbocycles. The second kappa shape index (κ2) is 6.98. The van der Waals surface area contributed by atoms with Gasteiger partial charge in [-0.2, -0.15) is 4.31 Å². The average Bonchev–Trinajstić information content (AvgIpc) is 3.23. The predicted molar refractivity (Wildman–Crippen MR) is 91.3 cm³/mol. The number of methoxy groups -OCH3 is 1. The van der Waals surface area contributed by atoms with Gasteiger partial charge in [-0.1, -0.05) is 0 Å². The van der Waals surface area contributed by atoms with Gasteiger partial charge in [0, 0.05) is 7.05 Å². The van der Waals surface area contributed by atoms with E-state index >= 15 is 0 Å². The van der Waals surface area contributed by atoms with Crippen LogP contribution in [0.4, 0.5) is 0 Å². The lowest BCUT2D eigenvalue weighted by atomic mass is 10.3. The highest BCUT2D eigenvalue weighted by Gasteiger charge is 2.23. The summed E-state index contributed by atoms with van der Waals surface area (Å²) in [6.45, 7) is -0.0662. The van der Waals surface area contributed by atoms with Crippen LogP contribution in [0.2, 0.25) is 0 Å². The molecule has 0 atom stereocenters. The molecule has 3 aromatic rings. The molecule has 10 heteroatoms. The maximum atomic E-state index is 12.6. The van der Waals surface area contributed by atoms with E-state index in [0.29, 0.717) is 16.2 Å². The van der Waals surface area contributed by atoms with Crippen LogP contribution in [0.3, 0.4) is 0 Å². The Bertz CT molecular complexity index is 965. The molecule has 0 N–H and O–H groups in total. The smallest absolute Gasteiger partial charge is 0.283 e. The lowest BCUT2D eigenvalue weighted by molar-refractivity contribution is 0.394. The Labute approximate surface area is 152 Å². The first kappa shape index (κ1) is 17.6.